The van der Waals surface area contributed by atoms with Gasteiger partial charge in [0.05, 0.1) is 4.90 Å². The molecule has 2 aromatic rings. The van der Waals surface area contributed by atoms with Gasteiger partial charge < -0.3 is 5.32 Å². The van der Waals surface area contributed by atoms with Crippen molar-refractivity contribution >= 4 is 27.7 Å². The summed E-state index contributed by atoms with van der Waals surface area (Å²) < 4.78 is 26.6. The number of carbonyl (C=O) groups is 1. The van der Waals surface area contributed by atoms with E-state index in [-0.39, 0.29) is 16.8 Å². The molecule has 2 aromatic carbocycles. The quantitative estimate of drug-likeness (QED) is 0.791. The van der Waals surface area contributed by atoms with Gasteiger partial charge in [0.15, 0.2) is 0 Å². The first-order valence-electron chi connectivity index (χ1n) is 7.53. The van der Waals surface area contributed by atoms with Crippen LogP contribution in [0.3, 0.4) is 0 Å². The Morgan fingerprint density at radius 1 is 1.00 bits per heavy atom. The molecule has 0 saturated carbocycles. The number of rotatable bonds is 6. The van der Waals surface area contributed by atoms with Gasteiger partial charge in [0.1, 0.15) is 0 Å². The van der Waals surface area contributed by atoms with Crippen molar-refractivity contribution < 1.29 is 13.2 Å². The molecule has 2 N–H and O–H groups in total. The van der Waals surface area contributed by atoms with Gasteiger partial charge >= 0.3 is 0 Å². The van der Waals surface area contributed by atoms with Gasteiger partial charge in [-0.25, -0.2) is 13.1 Å². The van der Waals surface area contributed by atoms with E-state index in [1.165, 1.54) is 18.2 Å². The molecule has 0 fully saturated rings. The van der Waals surface area contributed by atoms with Crippen LogP contribution in [-0.2, 0) is 14.8 Å². The lowest BCUT2D eigenvalue weighted by atomic mass is 10.2. The van der Waals surface area contributed by atoms with Crippen LogP contribution in [0, 0.1) is 0 Å². The second kappa shape index (κ2) is 7.90. The van der Waals surface area contributed by atoms with Crippen LogP contribution in [0.1, 0.15) is 19.4 Å². The molecular weight excluding hydrogens is 324 g/mol. The van der Waals surface area contributed by atoms with Gasteiger partial charge in [0.25, 0.3) is 0 Å². The fourth-order valence-electron chi connectivity index (χ4n) is 2.02. The van der Waals surface area contributed by atoms with Crippen LogP contribution in [0.15, 0.2) is 65.6 Å². The number of sulfonamides is 1. The molecule has 0 aliphatic rings. The molecule has 0 bridgehead atoms. The Labute approximate surface area is 142 Å². The van der Waals surface area contributed by atoms with Crippen molar-refractivity contribution in [1.82, 2.24) is 4.72 Å². The van der Waals surface area contributed by atoms with Crippen LogP contribution in [0.5, 0.6) is 0 Å². The summed E-state index contributed by atoms with van der Waals surface area (Å²) in [5, 5.41) is 2.69. The van der Waals surface area contributed by atoms with Gasteiger partial charge in [0.2, 0.25) is 15.9 Å². The second-order valence-corrected chi connectivity index (χ2v) is 7.25. The Balaban J connectivity index is 2.01. The van der Waals surface area contributed by atoms with Gasteiger partial charge in [-0.3, -0.25) is 4.79 Å². The average molecular weight is 344 g/mol. The maximum atomic E-state index is 12.0. The van der Waals surface area contributed by atoms with E-state index in [1.807, 2.05) is 30.3 Å². The Hall–Kier alpha value is -2.44. The van der Waals surface area contributed by atoms with Crippen molar-refractivity contribution in [3.63, 3.8) is 0 Å². The molecular formula is C18H20N2O3S. The normalized spacial score (nSPS) is 11.8. The molecule has 2 rings (SSSR count). The highest BCUT2D eigenvalue weighted by Gasteiger charge is 2.14. The summed E-state index contributed by atoms with van der Waals surface area (Å²) in [5.41, 5.74) is 1.45. The monoisotopic (exact) mass is 344 g/mol. The molecule has 0 atom stereocenters. The van der Waals surface area contributed by atoms with Crippen LogP contribution < -0.4 is 10.0 Å². The minimum Gasteiger partial charge on any atom is -0.323 e. The van der Waals surface area contributed by atoms with Gasteiger partial charge in [-0.15, -0.1) is 0 Å². The average Bonchev–Trinajstić information content (AvgIpc) is 2.53. The number of nitrogens with one attached hydrogen (secondary N) is 2. The summed E-state index contributed by atoms with van der Waals surface area (Å²) in [6.07, 6.45) is 3.14. The first kappa shape index (κ1) is 17.9. The topological polar surface area (TPSA) is 75.3 Å². The van der Waals surface area contributed by atoms with Gasteiger partial charge in [-0.1, -0.05) is 30.3 Å². The summed E-state index contributed by atoms with van der Waals surface area (Å²) >= 11 is 0. The molecule has 0 heterocycles. The lowest BCUT2D eigenvalue weighted by Gasteiger charge is -2.10. The van der Waals surface area contributed by atoms with Crippen LogP contribution in [0.25, 0.3) is 6.08 Å². The number of amides is 1. The molecule has 0 aliphatic carbocycles. The Morgan fingerprint density at radius 3 is 2.21 bits per heavy atom. The van der Waals surface area contributed by atoms with E-state index in [0.29, 0.717) is 5.69 Å². The molecule has 0 unspecified atom stereocenters. The molecule has 126 valence electrons. The molecule has 5 nitrogen and oxygen atoms in total. The predicted octanol–water partition coefficient (Wildman–Crippen LogP) is 3.03. The summed E-state index contributed by atoms with van der Waals surface area (Å²) in [4.78, 5) is 12.0. The lowest BCUT2D eigenvalue weighted by Crippen LogP contribution is -2.30. The van der Waals surface area contributed by atoms with E-state index in [2.05, 4.69) is 10.0 Å². The SMILES string of the molecule is CC(C)NS(=O)(=O)c1ccc(NC(=O)C=Cc2ccccc2)cc1. The Kier molecular flexibility index (Phi) is 5.89. The first-order valence-corrected chi connectivity index (χ1v) is 9.01. The fourth-order valence-corrected chi connectivity index (χ4v) is 3.27. The lowest BCUT2D eigenvalue weighted by molar-refractivity contribution is -0.111. The zero-order chi connectivity index (χ0) is 17.6. The van der Waals surface area contributed by atoms with E-state index in [4.69, 9.17) is 0 Å². The van der Waals surface area contributed by atoms with Gasteiger partial charge in [-0.2, -0.15) is 0 Å². The number of hydrogen-bond donors (Lipinski definition) is 2. The van der Waals surface area contributed by atoms with Crippen molar-refractivity contribution in [2.75, 3.05) is 5.32 Å². The highest BCUT2D eigenvalue weighted by atomic mass is 32.2. The zero-order valence-corrected chi connectivity index (χ0v) is 14.4. The molecule has 0 radical (unpaired) electrons. The van der Waals surface area contributed by atoms with Gasteiger partial charge in [0, 0.05) is 17.8 Å². The van der Waals surface area contributed by atoms with E-state index in [0.717, 1.165) is 5.56 Å². The summed E-state index contributed by atoms with van der Waals surface area (Å²) in [6.45, 7) is 3.51. The van der Waals surface area contributed by atoms with Crippen molar-refractivity contribution in [2.24, 2.45) is 0 Å². The maximum absolute atomic E-state index is 12.0. The molecule has 24 heavy (non-hydrogen) atoms. The summed E-state index contributed by atoms with van der Waals surface area (Å²) in [6, 6.07) is 15.3. The summed E-state index contributed by atoms with van der Waals surface area (Å²) in [5.74, 6) is -0.283. The molecule has 0 aromatic heterocycles. The van der Waals surface area contributed by atoms with Crippen LogP contribution in [-0.4, -0.2) is 20.4 Å². The predicted molar refractivity (Wildman–Crippen MR) is 96.0 cm³/mol. The van der Waals surface area contributed by atoms with E-state index < -0.39 is 10.0 Å². The van der Waals surface area contributed by atoms with Gasteiger partial charge in [-0.05, 0) is 49.8 Å². The Bertz CT molecular complexity index is 811. The molecule has 6 heteroatoms. The van der Waals surface area contributed by atoms with E-state index in [9.17, 15) is 13.2 Å². The molecule has 1 amide bonds. The number of carbonyl (C=O) groups excluding carboxylic acids is 1. The third kappa shape index (κ3) is 5.33. The zero-order valence-electron chi connectivity index (χ0n) is 13.6. The molecule has 0 saturated heterocycles. The molecule has 0 aliphatic heterocycles. The van der Waals surface area contributed by atoms with E-state index >= 15 is 0 Å². The third-order valence-electron chi connectivity index (χ3n) is 3.05. The number of anilines is 1. The third-order valence-corrected chi connectivity index (χ3v) is 4.72. The summed E-state index contributed by atoms with van der Waals surface area (Å²) in [7, 11) is -3.53. The maximum Gasteiger partial charge on any atom is 0.248 e. The van der Waals surface area contributed by atoms with Crippen LogP contribution in [0.4, 0.5) is 5.69 Å². The largest absolute Gasteiger partial charge is 0.323 e. The highest BCUT2D eigenvalue weighted by molar-refractivity contribution is 7.89. The van der Waals surface area contributed by atoms with Crippen molar-refractivity contribution in [2.45, 2.75) is 24.8 Å². The highest BCUT2D eigenvalue weighted by Crippen LogP contribution is 2.14. The van der Waals surface area contributed by atoms with Crippen LogP contribution >= 0.6 is 0 Å². The minimum absolute atomic E-state index is 0.161. The van der Waals surface area contributed by atoms with Crippen LogP contribution in [0.2, 0.25) is 0 Å². The van der Waals surface area contributed by atoms with Crippen molar-refractivity contribution in [1.29, 1.82) is 0 Å². The first-order chi connectivity index (χ1) is 11.4. The Morgan fingerprint density at radius 2 is 1.62 bits per heavy atom. The standard InChI is InChI=1S/C18H20N2O3S/c1-14(2)20-24(22,23)17-11-9-16(10-12-17)19-18(21)13-8-15-6-4-3-5-7-15/h3-14,20H,1-2H3,(H,19,21). The fraction of sp³-hybridized carbons (Fsp3) is 0.167. The second-order valence-electron chi connectivity index (χ2n) is 5.53. The molecule has 0 spiro atoms. The smallest absolute Gasteiger partial charge is 0.248 e. The van der Waals surface area contributed by atoms with Crippen molar-refractivity contribution in [3.8, 4) is 0 Å². The minimum atomic E-state index is -3.53. The van der Waals surface area contributed by atoms with E-state index in [1.54, 1.807) is 32.1 Å². The van der Waals surface area contributed by atoms with Crippen molar-refractivity contribution in [3.05, 3.63) is 66.2 Å². The number of benzene rings is 2. The number of hydrogen-bond acceptors (Lipinski definition) is 3.